The molecule has 0 aromatic rings. The molecule has 2 rings (SSSR count). The highest BCUT2D eigenvalue weighted by atomic mass is 14.5. The molecule has 0 nitrogen and oxygen atoms in total. The van der Waals surface area contributed by atoms with Gasteiger partial charge in [0.05, 0.1) is 0 Å². The molecule has 0 amide bonds. The number of hydrogen-bond donors (Lipinski definition) is 0. The zero-order valence-corrected chi connectivity index (χ0v) is 5.88. The Morgan fingerprint density at radius 2 is 1.30 bits per heavy atom. The van der Waals surface area contributed by atoms with Crippen molar-refractivity contribution >= 4 is 0 Å². The first-order valence-corrected chi connectivity index (χ1v) is 3.79. The van der Waals surface area contributed by atoms with Crippen LogP contribution in [0.1, 0.15) is 12.8 Å². The zero-order chi connectivity index (χ0) is 7.14. The lowest BCUT2D eigenvalue weighted by Gasteiger charge is -1.86. The summed E-state index contributed by atoms with van der Waals surface area (Å²) in [5, 5.41) is 0. The molecule has 4 atom stereocenters. The summed E-state index contributed by atoms with van der Waals surface area (Å²) < 4.78 is 0. The minimum Gasteiger partial charge on any atom is -0.120 e. The van der Waals surface area contributed by atoms with Crippen molar-refractivity contribution in [3.8, 4) is 24.7 Å². The fourth-order valence-corrected chi connectivity index (χ4v) is 1.76. The third-order valence-corrected chi connectivity index (χ3v) is 2.66. The number of terminal acetylenes is 2. The van der Waals surface area contributed by atoms with E-state index in [1.54, 1.807) is 0 Å². The molecule has 0 N–H and O–H groups in total. The lowest BCUT2D eigenvalue weighted by atomic mass is 10.2. The minimum absolute atomic E-state index is 0.573. The molecule has 0 bridgehead atoms. The average Bonchev–Trinajstić information content (AvgIpc) is 2.83. The predicted molar refractivity (Wildman–Crippen MR) is 40.9 cm³/mol. The third-order valence-electron chi connectivity index (χ3n) is 2.66. The highest BCUT2D eigenvalue weighted by Gasteiger charge is 2.52. The summed E-state index contributed by atoms with van der Waals surface area (Å²) in [6.07, 6.45) is 13.0. The second kappa shape index (κ2) is 1.80. The Kier molecular flexibility index (Phi) is 1.06. The minimum atomic E-state index is 0.573. The van der Waals surface area contributed by atoms with Crippen molar-refractivity contribution in [3.63, 3.8) is 0 Å². The van der Waals surface area contributed by atoms with Gasteiger partial charge < -0.3 is 0 Å². The summed E-state index contributed by atoms with van der Waals surface area (Å²) in [4.78, 5) is 0. The Balaban J connectivity index is 1.87. The van der Waals surface area contributed by atoms with E-state index in [2.05, 4.69) is 11.8 Å². The molecule has 0 aliphatic heterocycles. The standard InChI is InChI=1S/C10H10/c1-3-7-5-9(7)10-6-8(10)4-2/h1-2,7-10H,5-6H2. The molecule has 10 heavy (non-hydrogen) atoms. The van der Waals surface area contributed by atoms with Gasteiger partial charge in [-0.25, -0.2) is 0 Å². The van der Waals surface area contributed by atoms with E-state index in [9.17, 15) is 0 Å². The monoisotopic (exact) mass is 130 g/mol. The van der Waals surface area contributed by atoms with Gasteiger partial charge in [-0.3, -0.25) is 0 Å². The van der Waals surface area contributed by atoms with Gasteiger partial charge in [-0.05, 0) is 24.7 Å². The Hall–Kier alpha value is -0.880. The van der Waals surface area contributed by atoms with Gasteiger partial charge in [0, 0.05) is 11.8 Å². The van der Waals surface area contributed by atoms with Crippen molar-refractivity contribution in [1.29, 1.82) is 0 Å². The summed E-state index contributed by atoms with van der Waals surface area (Å²) in [7, 11) is 0. The highest BCUT2D eigenvalue weighted by Crippen LogP contribution is 2.57. The molecule has 0 heteroatoms. The Bertz CT molecular complexity index is 199. The first kappa shape index (κ1) is 5.87. The summed E-state index contributed by atoms with van der Waals surface area (Å²) >= 11 is 0. The van der Waals surface area contributed by atoms with E-state index >= 15 is 0 Å². The van der Waals surface area contributed by atoms with Crippen LogP contribution in [0, 0.1) is 48.4 Å². The van der Waals surface area contributed by atoms with Gasteiger partial charge in [-0.2, -0.15) is 0 Å². The molecule has 0 heterocycles. The van der Waals surface area contributed by atoms with Crippen molar-refractivity contribution in [2.75, 3.05) is 0 Å². The van der Waals surface area contributed by atoms with Crippen molar-refractivity contribution in [2.24, 2.45) is 23.7 Å². The second-order valence-corrected chi connectivity index (χ2v) is 3.35. The fourth-order valence-electron chi connectivity index (χ4n) is 1.76. The average molecular weight is 130 g/mol. The quantitative estimate of drug-likeness (QED) is 0.472. The molecule has 0 spiro atoms. The van der Waals surface area contributed by atoms with Crippen LogP contribution < -0.4 is 0 Å². The maximum Gasteiger partial charge on any atom is 0.0235 e. The van der Waals surface area contributed by atoms with Gasteiger partial charge in [0.1, 0.15) is 0 Å². The Morgan fingerprint density at radius 1 is 0.900 bits per heavy atom. The van der Waals surface area contributed by atoms with Crippen LogP contribution in [-0.4, -0.2) is 0 Å². The van der Waals surface area contributed by atoms with Crippen molar-refractivity contribution in [1.82, 2.24) is 0 Å². The van der Waals surface area contributed by atoms with Crippen LogP contribution in [0.15, 0.2) is 0 Å². The zero-order valence-electron chi connectivity index (χ0n) is 5.88. The van der Waals surface area contributed by atoms with E-state index in [-0.39, 0.29) is 0 Å². The predicted octanol–water partition coefficient (Wildman–Crippen LogP) is 1.52. The van der Waals surface area contributed by atoms with Crippen LogP contribution in [0.4, 0.5) is 0 Å². The summed E-state index contributed by atoms with van der Waals surface area (Å²) in [6.45, 7) is 0. The summed E-state index contributed by atoms with van der Waals surface area (Å²) in [6, 6.07) is 0. The molecule has 0 aromatic heterocycles. The highest BCUT2D eigenvalue weighted by molar-refractivity contribution is 5.18. The largest absolute Gasteiger partial charge is 0.120 e. The van der Waals surface area contributed by atoms with Crippen molar-refractivity contribution in [2.45, 2.75) is 12.8 Å². The summed E-state index contributed by atoms with van der Waals surface area (Å²) in [5.41, 5.74) is 0. The van der Waals surface area contributed by atoms with Gasteiger partial charge in [-0.15, -0.1) is 24.7 Å². The molecule has 2 fully saturated rings. The Labute approximate surface area is 62.0 Å². The molecule has 0 aromatic carbocycles. The maximum atomic E-state index is 5.28. The van der Waals surface area contributed by atoms with Gasteiger partial charge >= 0.3 is 0 Å². The van der Waals surface area contributed by atoms with Gasteiger partial charge in [0.15, 0.2) is 0 Å². The first-order chi connectivity index (χ1) is 4.86. The molecular formula is C10H10. The third kappa shape index (κ3) is 0.729. The lowest BCUT2D eigenvalue weighted by molar-refractivity contribution is 0.661. The topological polar surface area (TPSA) is 0 Å². The summed E-state index contributed by atoms with van der Waals surface area (Å²) in [5.74, 6) is 8.31. The Morgan fingerprint density at radius 3 is 1.50 bits per heavy atom. The van der Waals surface area contributed by atoms with Gasteiger partial charge in [0.25, 0.3) is 0 Å². The van der Waals surface area contributed by atoms with E-state index in [0.29, 0.717) is 11.8 Å². The van der Waals surface area contributed by atoms with E-state index in [0.717, 1.165) is 11.8 Å². The molecule has 4 unspecified atom stereocenters. The lowest BCUT2D eigenvalue weighted by Crippen LogP contribution is -1.84. The van der Waals surface area contributed by atoms with E-state index in [4.69, 9.17) is 12.8 Å². The van der Waals surface area contributed by atoms with E-state index in [1.807, 2.05) is 0 Å². The molecule has 2 aliphatic rings. The van der Waals surface area contributed by atoms with Crippen molar-refractivity contribution < 1.29 is 0 Å². The van der Waals surface area contributed by atoms with Crippen LogP contribution >= 0.6 is 0 Å². The molecular weight excluding hydrogens is 120 g/mol. The van der Waals surface area contributed by atoms with E-state index < -0.39 is 0 Å². The maximum absolute atomic E-state index is 5.28. The molecule has 0 radical (unpaired) electrons. The SMILES string of the molecule is C#CC1CC1C1CC1C#C. The molecule has 2 saturated carbocycles. The normalized spacial score (nSPS) is 49.0. The first-order valence-electron chi connectivity index (χ1n) is 3.79. The fraction of sp³-hybridized carbons (Fsp3) is 0.600. The van der Waals surface area contributed by atoms with Crippen LogP contribution in [0.3, 0.4) is 0 Å². The molecule has 2 aliphatic carbocycles. The number of rotatable bonds is 1. The smallest absolute Gasteiger partial charge is 0.0235 e. The van der Waals surface area contributed by atoms with Crippen LogP contribution in [0.2, 0.25) is 0 Å². The van der Waals surface area contributed by atoms with E-state index in [1.165, 1.54) is 12.8 Å². The van der Waals surface area contributed by atoms with Crippen LogP contribution in [0.5, 0.6) is 0 Å². The van der Waals surface area contributed by atoms with Gasteiger partial charge in [-0.1, -0.05) is 0 Å². The molecule has 0 saturated heterocycles. The van der Waals surface area contributed by atoms with Gasteiger partial charge in [0.2, 0.25) is 0 Å². The van der Waals surface area contributed by atoms with Crippen LogP contribution in [-0.2, 0) is 0 Å². The number of hydrogen-bond acceptors (Lipinski definition) is 0. The second-order valence-electron chi connectivity index (χ2n) is 3.35. The van der Waals surface area contributed by atoms with Crippen LogP contribution in [0.25, 0.3) is 0 Å². The molecule has 50 valence electrons. The van der Waals surface area contributed by atoms with Crippen molar-refractivity contribution in [3.05, 3.63) is 0 Å².